The Kier molecular flexibility index (Phi) is 3.51. The van der Waals surface area contributed by atoms with Crippen molar-refractivity contribution in [2.45, 2.75) is 31.8 Å². The van der Waals surface area contributed by atoms with Gasteiger partial charge in [-0.15, -0.1) is 0 Å². The van der Waals surface area contributed by atoms with Crippen LogP contribution in [0.3, 0.4) is 0 Å². The van der Waals surface area contributed by atoms with E-state index in [1.54, 1.807) is 6.20 Å². The number of hydrogen-bond donors (Lipinski definition) is 2. The van der Waals surface area contributed by atoms with Gasteiger partial charge >= 0.3 is 0 Å². The number of aromatic amines is 1. The number of imidazole rings is 1. The summed E-state index contributed by atoms with van der Waals surface area (Å²) in [5.74, 6) is 2.01. The first-order chi connectivity index (χ1) is 9.38. The van der Waals surface area contributed by atoms with Crippen molar-refractivity contribution in [1.29, 1.82) is 0 Å². The fourth-order valence-electron chi connectivity index (χ4n) is 2.62. The lowest BCUT2D eigenvalue weighted by Gasteiger charge is -2.29. The number of benzene rings is 1. The second kappa shape index (κ2) is 5.45. The Hall–Kier alpha value is -1.81. The zero-order valence-corrected chi connectivity index (χ0v) is 11.1. The maximum atomic E-state index is 5.70. The molecule has 0 radical (unpaired) electrons. The molecule has 2 atom stereocenters. The van der Waals surface area contributed by atoms with E-state index in [1.807, 2.05) is 18.3 Å². The number of para-hydroxylation sites is 1. The Labute approximate surface area is 113 Å². The third-order valence-corrected chi connectivity index (χ3v) is 3.62. The first-order valence-corrected chi connectivity index (χ1v) is 6.85. The lowest BCUT2D eigenvalue weighted by molar-refractivity contribution is 0.242. The molecule has 4 heteroatoms. The number of fused-ring (bicyclic) bond motifs is 1. The highest BCUT2D eigenvalue weighted by atomic mass is 16.5. The maximum absolute atomic E-state index is 5.70. The standard InChI is InChI=1S/C15H19N3O/c1-2-12(15-16-8-9-17-15)18-13-7-10-19-14-6-4-3-5-11(13)14/h3-6,8-9,12-13,18H,2,7,10H2,1H3,(H,16,17). The van der Waals surface area contributed by atoms with Crippen molar-refractivity contribution < 1.29 is 4.74 Å². The van der Waals surface area contributed by atoms with Crippen LogP contribution in [-0.2, 0) is 0 Å². The van der Waals surface area contributed by atoms with Crippen molar-refractivity contribution in [3.8, 4) is 5.75 Å². The van der Waals surface area contributed by atoms with E-state index in [9.17, 15) is 0 Å². The highest BCUT2D eigenvalue weighted by Crippen LogP contribution is 2.33. The molecule has 0 saturated heterocycles. The van der Waals surface area contributed by atoms with Gasteiger partial charge < -0.3 is 15.0 Å². The van der Waals surface area contributed by atoms with Crippen LogP contribution in [0.5, 0.6) is 5.75 Å². The maximum Gasteiger partial charge on any atom is 0.124 e. The molecule has 2 N–H and O–H groups in total. The lowest BCUT2D eigenvalue weighted by Crippen LogP contribution is -2.30. The first-order valence-electron chi connectivity index (χ1n) is 6.85. The summed E-state index contributed by atoms with van der Waals surface area (Å²) in [6, 6.07) is 8.85. The zero-order valence-electron chi connectivity index (χ0n) is 11.1. The van der Waals surface area contributed by atoms with E-state index in [2.05, 4.69) is 34.3 Å². The fraction of sp³-hybridized carbons (Fsp3) is 0.400. The van der Waals surface area contributed by atoms with Crippen molar-refractivity contribution in [3.63, 3.8) is 0 Å². The molecule has 19 heavy (non-hydrogen) atoms. The van der Waals surface area contributed by atoms with Crippen LogP contribution in [0.2, 0.25) is 0 Å². The van der Waals surface area contributed by atoms with Crippen molar-refractivity contribution in [2.24, 2.45) is 0 Å². The summed E-state index contributed by atoms with van der Waals surface area (Å²) < 4.78 is 5.70. The fourth-order valence-corrected chi connectivity index (χ4v) is 2.62. The van der Waals surface area contributed by atoms with Gasteiger partial charge in [0.05, 0.1) is 12.6 Å². The van der Waals surface area contributed by atoms with Crippen LogP contribution in [0.1, 0.15) is 43.2 Å². The molecular formula is C15H19N3O. The quantitative estimate of drug-likeness (QED) is 0.885. The predicted molar refractivity (Wildman–Crippen MR) is 74.1 cm³/mol. The van der Waals surface area contributed by atoms with Crippen LogP contribution >= 0.6 is 0 Å². The second-order valence-electron chi connectivity index (χ2n) is 4.83. The molecule has 0 saturated carbocycles. The molecule has 0 bridgehead atoms. The summed E-state index contributed by atoms with van der Waals surface area (Å²) in [4.78, 5) is 7.56. The molecule has 0 spiro atoms. The minimum Gasteiger partial charge on any atom is -0.493 e. The van der Waals surface area contributed by atoms with Crippen LogP contribution in [0, 0.1) is 0 Å². The first kappa shape index (κ1) is 12.2. The predicted octanol–water partition coefficient (Wildman–Crippen LogP) is 2.97. The summed E-state index contributed by atoms with van der Waals surface area (Å²) in [5.41, 5.74) is 1.25. The number of hydrogen-bond acceptors (Lipinski definition) is 3. The minimum absolute atomic E-state index is 0.256. The second-order valence-corrected chi connectivity index (χ2v) is 4.83. The van der Waals surface area contributed by atoms with Crippen molar-refractivity contribution in [1.82, 2.24) is 15.3 Å². The van der Waals surface area contributed by atoms with E-state index in [4.69, 9.17) is 4.74 Å². The number of nitrogens with zero attached hydrogens (tertiary/aromatic N) is 1. The molecule has 2 aromatic rings. The number of H-pyrrole nitrogens is 1. The Morgan fingerprint density at radius 3 is 3.16 bits per heavy atom. The van der Waals surface area contributed by atoms with Crippen molar-refractivity contribution in [3.05, 3.63) is 48.0 Å². The van der Waals surface area contributed by atoms with E-state index in [0.717, 1.165) is 31.0 Å². The molecule has 0 aliphatic carbocycles. The van der Waals surface area contributed by atoms with Crippen LogP contribution < -0.4 is 10.1 Å². The Balaban J connectivity index is 1.80. The van der Waals surface area contributed by atoms with Crippen LogP contribution in [0.4, 0.5) is 0 Å². The number of ether oxygens (including phenoxy) is 1. The summed E-state index contributed by atoms with van der Waals surface area (Å²) in [6.45, 7) is 2.94. The molecular weight excluding hydrogens is 238 g/mol. The molecule has 3 rings (SSSR count). The monoisotopic (exact) mass is 257 g/mol. The van der Waals surface area contributed by atoms with Gasteiger partial charge in [0, 0.05) is 30.4 Å². The van der Waals surface area contributed by atoms with Gasteiger partial charge in [0.1, 0.15) is 11.6 Å². The smallest absolute Gasteiger partial charge is 0.124 e. The van der Waals surface area contributed by atoms with E-state index in [0.29, 0.717) is 6.04 Å². The molecule has 100 valence electrons. The summed E-state index contributed by atoms with van der Waals surface area (Å²) >= 11 is 0. The molecule has 4 nitrogen and oxygen atoms in total. The van der Waals surface area contributed by atoms with Gasteiger partial charge in [0.15, 0.2) is 0 Å². The molecule has 1 aromatic heterocycles. The summed E-state index contributed by atoms with van der Waals surface area (Å²) in [7, 11) is 0. The van der Waals surface area contributed by atoms with Crippen LogP contribution in [-0.4, -0.2) is 16.6 Å². The Morgan fingerprint density at radius 2 is 2.37 bits per heavy atom. The van der Waals surface area contributed by atoms with Gasteiger partial charge in [-0.1, -0.05) is 25.1 Å². The minimum atomic E-state index is 0.256. The highest BCUT2D eigenvalue weighted by Gasteiger charge is 2.24. The van der Waals surface area contributed by atoms with Crippen LogP contribution in [0.25, 0.3) is 0 Å². The van der Waals surface area contributed by atoms with E-state index >= 15 is 0 Å². The van der Waals surface area contributed by atoms with E-state index < -0.39 is 0 Å². The molecule has 2 heterocycles. The molecule has 1 aromatic carbocycles. The van der Waals surface area contributed by atoms with Gasteiger partial charge in [-0.3, -0.25) is 0 Å². The van der Waals surface area contributed by atoms with Crippen molar-refractivity contribution >= 4 is 0 Å². The summed E-state index contributed by atoms with van der Waals surface area (Å²) in [6.07, 6.45) is 5.68. The molecule has 1 aliphatic rings. The largest absolute Gasteiger partial charge is 0.493 e. The number of nitrogens with one attached hydrogen (secondary N) is 2. The van der Waals surface area contributed by atoms with Gasteiger partial charge in [-0.05, 0) is 12.5 Å². The molecule has 1 aliphatic heterocycles. The highest BCUT2D eigenvalue weighted by molar-refractivity contribution is 5.37. The van der Waals surface area contributed by atoms with Gasteiger partial charge in [-0.2, -0.15) is 0 Å². The van der Waals surface area contributed by atoms with Gasteiger partial charge in [0.2, 0.25) is 0 Å². The lowest BCUT2D eigenvalue weighted by atomic mass is 9.99. The van der Waals surface area contributed by atoms with E-state index in [1.165, 1.54) is 5.56 Å². The number of rotatable bonds is 4. The third-order valence-electron chi connectivity index (χ3n) is 3.62. The molecule has 0 fully saturated rings. The normalized spacial score (nSPS) is 19.5. The third kappa shape index (κ3) is 2.49. The zero-order chi connectivity index (χ0) is 13.1. The summed E-state index contributed by atoms with van der Waals surface area (Å²) in [5, 5.41) is 3.69. The Bertz CT molecular complexity index is 524. The Morgan fingerprint density at radius 1 is 1.47 bits per heavy atom. The average molecular weight is 257 g/mol. The van der Waals surface area contributed by atoms with Gasteiger partial charge in [-0.25, -0.2) is 4.98 Å². The van der Waals surface area contributed by atoms with E-state index in [-0.39, 0.29) is 6.04 Å². The van der Waals surface area contributed by atoms with Crippen molar-refractivity contribution in [2.75, 3.05) is 6.61 Å². The topological polar surface area (TPSA) is 49.9 Å². The molecule has 0 amide bonds. The van der Waals surface area contributed by atoms with Gasteiger partial charge in [0.25, 0.3) is 0 Å². The SMILES string of the molecule is CCC(NC1CCOc2ccccc21)c1ncc[nH]1. The molecule has 2 unspecified atom stereocenters. The van der Waals surface area contributed by atoms with Crippen LogP contribution in [0.15, 0.2) is 36.7 Å². The average Bonchev–Trinajstić information content (AvgIpc) is 2.99. The number of aromatic nitrogens is 2.